The van der Waals surface area contributed by atoms with Gasteiger partial charge in [0.1, 0.15) is 5.69 Å². The molecule has 0 saturated carbocycles. The second kappa shape index (κ2) is 5.48. The van der Waals surface area contributed by atoms with Gasteiger partial charge in [-0.25, -0.2) is 4.98 Å². The lowest BCUT2D eigenvalue weighted by Gasteiger charge is -2.05. The van der Waals surface area contributed by atoms with Crippen molar-refractivity contribution in [3.8, 4) is 0 Å². The lowest BCUT2D eigenvalue weighted by molar-refractivity contribution is 0.0945. The summed E-state index contributed by atoms with van der Waals surface area (Å²) in [6.45, 7) is 2.64. The average molecular weight is 247 g/mol. The third-order valence-electron chi connectivity index (χ3n) is 2.89. The van der Waals surface area contributed by atoms with Gasteiger partial charge in [-0.2, -0.15) is 5.10 Å². The Kier molecular flexibility index (Phi) is 3.76. The van der Waals surface area contributed by atoms with Crippen molar-refractivity contribution in [3.63, 3.8) is 0 Å². The van der Waals surface area contributed by atoms with Crippen molar-refractivity contribution in [1.82, 2.24) is 25.1 Å². The maximum atomic E-state index is 11.8. The van der Waals surface area contributed by atoms with Crippen molar-refractivity contribution >= 4 is 5.91 Å². The van der Waals surface area contributed by atoms with Crippen molar-refractivity contribution in [3.05, 3.63) is 35.7 Å². The minimum absolute atomic E-state index is 0.0843. The van der Waals surface area contributed by atoms with E-state index < -0.39 is 0 Å². The zero-order valence-corrected chi connectivity index (χ0v) is 10.6. The van der Waals surface area contributed by atoms with E-state index >= 15 is 0 Å². The zero-order chi connectivity index (χ0) is 13.0. The van der Waals surface area contributed by atoms with Crippen LogP contribution in [-0.4, -0.2) is 32.2 Å². The summed E-state index contributed by atoms with van der Waals surface area (Å²) in [4.78, 5) is 15.7. The number of imidazole rings is 1. The van der Waals surface area contributed by atoms with E-state index in [1.165, 1.54) is 5.56 Å². The molecule has 0 aromatic carbocycles. The molecule has 0 unspecified atom stereocenters. The second-order valence-electron chi connectivity index (χ2n) is 4.27. The summed E-state index contributed by atoms with van der Waals surface area (Å²) in [5.41, 5.74) is 2.87. The van der Waals surface area contributed by atoms with Gasteiger partial charge in [0.2, 0.25) is 0 Å². The Morgan fingerprint density at radius 3 is 2.94 bits per heavy atom. The van der Waals surface area contributed by atoms with Crippen molar-refractivity contribution in [2.24, 2.45) is 7.05 Å². The molecule has 2 rings (SSSR count). The molecule has 2 aromatic heterocycles. The van der Waals surface area contributed by atoms with Gasteiger partial charge in [0.15, 0.2) is 0 Å². The second-order valence-corrected chi connectivity index (χ2v) is 4.27. The first-order valence-electron chi connectivity index (χ1n) is 5.92. The molecule has 0 aliphatic carbocycles. The van der Waals surface area contributed by atoms with E-state index in [2.05, 4.69) is 20.5 Å². The van der Waals surface area contributed by atoms with E-state index in [0.29, 0.717) is 12.2 Å². The van der Waals surface area contributed by atoms with Crippen molar-refractivity contribution in [2.45, 2.75) is 19.8 Å². The number of hydrogen-bond donors (Lipinski definition) is 2. The van der Waals surface area contributed by atoms with Gasteiger partial charge >= 0.3 is 0 Å². The molecule has 0 saturated heterocycles. The molecule has 0 fully saturated rings. The number of amides is 1. The van der Waals surface area contributed by atoms with Crippen LogP contribution in [0, 0.1) is 6.92 Å². The first-order chi connectivity index (χ1) is 8.68. The van der Waals surface area contributed by atoms with Gasteiger partial charge in [0, 0.05) is 19.3 Å². The summed E-state index contributed by atoms with van der Waals surface area (Å²) in [6.07, 6.45) is 6.82. The highest BCUT2D eigenvalue weighted by molar-refractivity contribution is 5.92. The van der Waals surface area contributed by atoms with E-state index in [1.807, 2.05) is 13.1 Å². The maximum absolute atomic E-state index is 11.8. The highest BCUT2D eigenvalue weighted by Crippen LogP contribution is 2.05. The number of aromatic amines is 1. The molecule has 0 aliphatic rings. The molecule has 18 heavy (non-hydrogen) atoms. The first-order valence-corrected chi connectivity index (χ1v) is 5.92. The third kappa shape index (κ3) is 2.77. The number of aryl methyl sites for hydroxylation is 3. The number of aromatic nitrogens is 4. The molecule has 0 radical (unpaired) electrons. The summed E-state index contributed by atoms with van der Waals surface area (Å²) < 4.78 is 1.70. The van der Waals surface area contributed by atoms with Crippen LogP contribution in [0.3, 0.4) is 0 Å². The van der Waals surface area contributed by atoms with Crippen LogP contribution >= 0.6 is 0 Å². The highest BCUT2D eigenvalue weighted by Gasteiger charge is 2.08. The van der Waals surface area contributed by atoms with E-state index in [-0.39, 0.29) is 5.91 Å². The van der Waals surface area contributed by atoms with Crippen molar-refractivity contribution in [2.75, 3.05) is 6.54 Å². The van der Waals surface area contributed by atoms with Crippen LogP contribution in [0.2, 0.25) is 0 Å². The van der Waals surface area contributed by atoms with Crippen LogP contribution in [-0.2, 0) is 13.5 Å². The zero-order valence-electron chi connectivity index (χ0n) is 10.6. The number of rotatable bonds is 5. The number of carbonyl (C=O) groups is 1. The van der Waals surface area contributed by atoms with Crippen LogP contribution in [0.25, 0.3) is 0 Å². The van der Waals surface area contributed by atoms with Gasteiger partial charge in [-0.3, -0.25) is 9.89 Å². The molecular weight excluding hydrogens is 230 g/mol. The largest absolute Gasteiger partial charge is 0.351 e. The lowest BCUT2D eigenvalue weighted by atomic mass is 10.1. The standard InChI is InChI=1S/C12H17N5O/c1-9-10(6-15-16-9)4-3-5-14-12(18)11-7-13-8-17(11)2/h6-8H,3-5H2,1-2H3,(H,14,18)(H,15,16). The van der Waals surface area contributed by atoms with Gasteiger partial charge in [0.25, 0.3) is 5.91 Å². The third-order valence-corrected chi connectivity index (χ3v) is 2.89. The molecule has 0 spiro atoms. The summed E-state index contributed by atoms with van der Waals surface area (Å²) in [7, 11) is 1.80. The van der Waals surface area contributed by atoms with Crippen LogP contribution in [0.4, 0.5) is 0 Å². The van der Waals surface area contributed by atoms with E-state index in [9.17, 15) is 4.79 Å². The summed E-state index contributed by atoms with van der Waals surface area (Å²) >= 11 is 0. The molecule has 6 heteroatoms. The Morgan fingerprint density at radius 2 is 2.33 bits per heavy atom. The summed E-state index contributed by atoms with van der Waals surface area (Å²) in [5.74, 6) is -0.0843. The normalized spacial score (nSPS) is 10.6. The number of nitrogens with zero attached hydrogens (tertiary/aromatic N) is 3. The van der Waals surface area contributed by atoms with Gasteiger partial charge in [-0.15, -0.1) is 0 Å². The first kappa shape index (κ1) is 12.3. The van der Waals surface area contributed by atoms with E-state index in [1.54, 1.807) is 24.1 Å². The number of nitrogens with one attached hydrogen (secondary N) is 2. The molecule has 0 atom stereocenters. The number of H-pyrrole nitrogens is 1. The summed E-state index contributed by atoms with van der Waals surface area (Å²) in [5, 5.41) is 9.74. The van der Waals surface area contributed by atoms with Crippen molar-refractivity contribution < 1.29 is 4.79 Å². The smallest absolute Gasteiger partial charge is 0.269 e. The van der Waals surface area contributed by atoms with E-state index in [0.717, 1.165) is 18.5 Å². The van der Waals surface area contributed by atoms with Gasteiger partial charge in [0.05, 0.1) is 18.7 Å². The minimum Gasteiger partial charge on any atom is -0.351 e. The Bertz CT molecular complexity index is 528. The predicted octanol–water partition coefficient (Wildman–Crippen LogP) is 0.814. The van der Waals surface area contributed by atoms with Crippen molar-refractivity contribution in [1.29, 1.82) is 0 Å². The fourth-order valence-corrected chi connectivity index (χ4v) is 1.78. The quantitative estimate of drug-likeness (QED) is 0.768. The molecule has 2 N–H and O–H groups in total. The van der Waals surface area contributed by atoms with Crippen LogP contribution in [0.1, 0.15) is 28.2 Å². The molecular formula is C12H17N5O. The Morgan fingerprint density at radius 1 is 1.50 bits per heavy atom. The van der Waals surface area contributed by atoms with Crippen LogP contribution in [0.15, 0.2) is 18.7 Å². The predicted molar refractivity (Wildman–Crippen MR) is 67.2 cm³/mol. The Hall–Kier alpha value is -2.11. The van der Waals surface area contributed by atoms with Gasteiger partial charge in [-0.05, 0) is 25.3 Å². The molecule has 6 nitrogen and oxygen atoms in total. The van der Waals surface area contributed by atoms with Crippen LogP contribution < -0.4 is 5.32 Å². The number of hydrogen-bond acceptors (Lipinski definition) is 3. The van der Waals surface area contributed by atoms with Crippen LogP contribution in [0.5, 0.6) is 0 Å². The molecule has 96 valence electrons. The fourth-order valence-electron chi connectivity index (χ4n) is 1.78. The molecule has 2 heterocycles. The molecule has 2 aromatic rings. The molecule has 0 bridgehead atoms. The minimum atomic E-state index is -0.0843. The highest BCUT2D eigenvalue weighted by atomic mass is 16.1. The monoisotopic (exact) mass is 247 g/mol. The Balaban J connectivity index is 1.75. The maximum Gasteiger partial charge on any atom is 0.269 e. The average Bonchev–Trinajstić information content (AvgIpc) is 2.94. The fraction of sp³-hybridized carbons (Fsp3) is 0.417. The van der Waals surface area contributed by atoms with E-state index in [4.69, 9.17) is 0 Å². The number of carbonyl (C=O) groups excluding carboxylic acids is 1. The topological polar surface area (TPSA) is 75.6 Å². The molecule has 1 amide bonds. The lowest BCUT2D eigenvalue weighted by Crippen LogP contribution is -2.26. The summed E-state index contributed by atoms with van der Waals surface area (Å²) in [6, 6.07) is 0. The van der Waals surface area contributed by atoms with Gasteiger partial charge in [-0.1, -0.05) is 0 Å². The van der Waals surface area contributed by atoms with Gasteiger partial charge < -0.3 is 9.88 Å². The Labute approximate surface area is 105 Å². The molecule has 0 aliphatic heterocycles. The SMILES string of the molecule is Cc1[nH]ncc1CCCNC(=O)c1cncn1C.